The Morgan fingerprint density at radius 2 is 1.93 bits per heavy atom. The number of halogens is 3. The van der Waals surface area contributed by atoms with Gasteiger partial charge in [0, 0.05) is 17.8 Å². The summed E-state index contributed by atoms with van der Waals surface area (Å²) >= 11 is 0. The lowest BCUT2D eigenvalue weighted by molar-refractivity contribution is -0.274. The molecule has 0 atom stereocenters. The summed E-state index contributed by atoms with van der Waals surface area (Å²) in [6.07, 6.45) is -1.83. The molecule has 1 saturated heterocycles. The lowest BCUT2D eigenvalue weighted by atomic mass is 10.2. The highest BCUT2D eigenvalue weighted by molar-refractivity contribution is 6.20. The number of alkyl halides is 3. The molecule has 160 valence electrons. The molecule has 2 heterocycles. The molecule has 1 fully saturated rings. The molecule has 0 bridgehead atoms. The molecule has 0 radical (unpaired) electrons. The van der Waals surface area contributed by atoms with Gasteiger partial charge in [-0.25, -0.2) is 9.69 Å². The van der Waals surface area contributed by atoms with Crippen molar-refractivity contribution >= 4 is 17.6 Å². The van der Waals surface area contributed by atoms with Crippen LogP contribution in [0.3, 0.4) is 0 Å². The van der Waals surface area contributed by atoms with Gasteiger partial charge in [-0.15, -0.1) is 13.2 Å². The first-order chi connectivity index (χ1) is 14.2. The zero-order valence-electron chi connectivity index (χ0n) is 16.1. The van der Waals surface area contributed by atoms with E-state index < -0.39 is 24.1 Å². The van der Waals surface area contributed by atoms with Crippen LogP contribution in [-0.2, 0) is 11.3 Å². The fourth-order valence-corrected chi connectivity index (χ4v) is 2.98. The lowest BCUT2D eigenvalue weighted by Gasteiger charge is -2.20. The van der Waals surface area contributed by atoms with Gasteiger partial charge in [-0.05, 0) is 25.1 Å². The Bertz CT molecular complexity index is 951. The monoisotopic (exact) mass is 425 g/mol. The molecular formula is C19H18F3N3O5. The van der Waals surface area contributed by atoms with Gasteiger partial charge in [0.1, 0.15) is 23.8 Å². The number of hydrogen-bond donors (Lipinski definition) is 0. The number of anilines is 1. The highest BCUT2D eigenvalue weighted by Crippen LogP contribution is 2.36. The molecule has 0 spiro atoms. The van der Waals surface area contributed by atoms with Crippen LogP contribution < -0.4 is 19.1 Å². The number of imide groups is 1. The van der Waals surface area contributed by atoms with Crippen LogP contribution in [0.25, 0.3) is 0 Å². The largest absolute Gasteiger partial charge is 0.573 e. The van der Waals surface area contributed by atoms with Gasteiger partial charge in [0.15, 0.2) is 0 Å². The van der Waals surface area contributed by atoms with Crippen molar-refractivity contribution in [1.29, 1.82) is 0 Å². The number of benzene rings is 1. The van der Waals surface area contributed by atoms with Crippen molar-refractivity contribution in [2.75, 3.05) is 25.2 Å². The number of nitrogens with zero attached hydrogens (tertiary/aromatic N) is 3. The molecule has 30 heavy (non-hydrogen) atoms. The zero-order chi connectivity index (χ0) is 21.9. The number of rotatable bonds is 7. The second-order valence-electron chi connectivity index (χ2n) is 6.17. The molecule has 3 amide bonds. The van der Waals surface area contributed by atoms with Crippen molar-refractivity contribution in [3.63, 3.8) is 0 Å². The van der Waals surface area contributed by atoms with Crippen LogP contribution in [0.1, 0.15) is 12.5 Å². The summed E-state index contributed by atoms with van der Waals surface area (Å²) in [5.74, 6) is -0.698. The van der Waals surface area contributed by atoms with E-state index in [1.165, 1.54) is 18.2 Å². The van der Waals surface area contributed by atoms with Gasteiger partial charge in [0.25, 0.3) is 5.91 Å². The third-order valence-electron chi connectivity index (χ3n) is 4.19. The van der Waals surface area contributed by atoms with Crippen LogP contribution >= 0.6 is 0 Å². The molecule has 0 unspecified atom stereocenters. The number of amides is 3. The highest BCUT2D eigenvalue weighted by Gasteiger charge is 2.39. The summed E-state index contributed by atoms with van der Waals surface area (Å²) in [5, 5.41) is 0. The Kier molecular flexibility index (Phi) is 5.99. The maximum atomic E-state index is 12.9. The van der Waals surface area contributed by atoms with E-state index in [1.807, 2.05) is 6.92 Å². The number of hydrogen-bond acceptors (Lipinski definition) is 6. The van der Waals surface area contributed by atoms with E-state index >= 15 is 0 Å². The van der Waals surface area contributed by atoms with E-state index in [4.69, 9.17) is 9.47 Å². The summed E-state index contributed by atoms with van der Waals surface area (Å²) in [6, 6.07) is 4.17. The number of pyridine rings is 1. The van der Waals surface area contributed by atoms with E-state index in [0.717, 1.165) is 23.1 Å². The molecule has 1 aromatic carbocycles. The number of aromatic nitrogens is 1. The Labute approximate surface area is 169 Å². The standard InChI is InChI=1S/C19H18F3N3O5/c1-3-29-16-9-23-7-6-12(16)10-24-11-17(26)25(18(24)27)14-5-4-13(8-15(14)28-2)30-19(20,21)22/h4-9H,3,10-11H2,1-2H3. The maximum absolute atomic E-state index is 12.9. The average Bonchev–Trinajstić information content (AvgIpc) is 2.95. The minimum absolute atomic E-state index is 0.0179. The number of carbonyl (C=O) groups excluding carboxylic acids is 2. The van der Waals surface area contributed by atoms with Gasteiger partial charge < -0.3 is 19.1 Å². The summed E-state index contributed by atoms with van der Waals surface area (Å²) in [7, 11) is 1.21. The number of methoxy groups -OCH3 is 1. The van der Waals surface area contributed by atoms with Gasteiger partial charge in [-0.1, -0.05) is 0 Å². The minimum atomic E-state index is -4.88. The molecule has 1 aromatic heterocycles. The predicted molar refractivity (Wildman–Crippen MR) is 98.4 cm³/mol. The van der Waals surface area contributed by atoms with Crippen LogP contribution in [0.2, 0.25) is 0 Å². The van der Waals surface area contributed by atoms with E-state index in [1.54, 1.807) is 12.3 Å². The average molecular weight is 425 g/mol. The Morgan fingerprint density at radius 3 is 2.60 bits per heavy atom. The number of ether oxygens (including phenoxy) is 3. The SMILES string of the molecule is CCOc1cnccc1CN1CC(=O)N(c2ccc(OC(F)(F)F)cc2OC)C1=O. The third-order valence-corrected chi connectivity index (χ3v) is 4.19. The zero-order valence-corrected chi connectivity index (χ0v) is 16.1. The summed E-state index contributed by atoms with van der Waals surface area (Å²) in [4.78, 5) is 31.5. The molecule has 1 aliphatic heterocycles. The normalized spacial score (nSPS) is 14.3. The van der Waals surface area contributed by atoms with Crippen LogP contribution in [0.4, 0.5) is 23.7 Å². The maximum Gasteiger partial charge on any atom is 0.573 e. The Morgan fingerprint density at radius 1 is 1.17 bits per heavy atom. The van der Waals surface area contributed by atoms with Gasteiger partial charge >= 0.3 is 12.4 Å². The third kappa shape index (κ3) is 4.56. The lowest BCUT2D eigenvalue weighted by Crippen LogP contribution is -2.33. The molecule has 2 aromatic rings. The van der Waals surface area contributed by atoms with Crippen LogP contribution in [-0.4, -0.2) is 48.4 Å². The van der Waals surface area contributed by atoms with Crippen molar-refractivity contribution in [3.8, 4) is 17.2 Å². The summed E-state index contributed by atoms with van der Waals surface area (Å²) in [5.41, 5.74) is 0.681. The first-order valence-electron chi connectivity index (χ1n) is 8.84. The second kappa shape index (κ2) is 8.47. The fourth-order valence-electron chi connectivity index (χ4n) is 2.98. The summed E-state index contributed by atoms with van der Waals surface area (Å²) < 4.78 is 51.7. The Balaban J connectivity index is 1.85. The van der Waals surface area contributed by atoms with Gasteiger partial charge in [-0.2, -0.15) is 0 Å². The van der Waals surface area contributed by atoms with Crippen molar-refractivity contribution < 1.29 is 37.0 Å². The van der Waals surface area contributed by atoms with E-state index in [-0.39, 0.29) is 24.5 Å². The minimum Gasteiger partial charge on any atom is -0.494 e. The molecule has 0 aliphatic carbocycles. The molecule has 3 rings (SSSR count). The van der Waals surface area contributed by atoms with Gasteiger partial charge in [-0.3, -0.25) is 9.78 Å². The van der Waals surface area contributed by atoms with Crippen molar-refractivity contribution in [2.45, 2.75) is 19.8 Å². The first kappa shape index (κ1) is 21.2. The van der Waals surface area contributed by atoms with E-state index in [0.29, 0.717) is 17.9 Å². The predicted octanol–water partition coefficient (Wildman–Crippen LogP) is 3.36. The van der Waals surface area contributed by atoms with Crippen molar-refractivity contribution in [3.05, 3.63) is 42.2 Å². The highest BCUT2D eigenvalue weighted by atomic mass is 19.4. The molecule has 0 saturated carbocycles. The summed E-state index contributed by atoms with van der Waals surface area (Å²) in [6.45, 7) is 2.09. The van der Waals surface area contributed by atoms with Crippen molar-refractivity contribution in [2.24, 2.45) is 0 Å². The van der Waals surface area contributed by atoms with Crippen LogP contribution in [0.5, 0.6) is 17.2 Å². The van der Waals surface area contributed by atoms with E-state index in [9.17, 15) is 22.8 Å². The number of urea groups is 1. The van der Waals surface area contributed by atoms with Crippen LogP contribution in [0.15, 0.2) is 36.7 Å². The van der Waals surface area contributed by atoms with Gasteiger partial charge in [0.2, 0.25) is 0 Å². The van der Waals surface area contributed by atoms with Gasteiger partial charge in [0.05, 0.1) is 32.1 Å². The van der Waals surface area contributed by atoms with Crippen LogP contribution in [0, 0.1) is 0 Å². The molecular weight excluding hydrogens is 407 g/mol. The number of carbonyl (C=O) groups is 2. The smallest absolute Gasteiger partial charge is 0.494 e. The van der Waals surface area contributed by atoms with Crippen molar-refractivity contribution in [1.82, 2.24) is 9.88 Å². The fraction of sp³-hybridized carbons (Fsp3) is 0.316. The molecule has 11 heteroatoms. The first-order valence-corrected chi connectivity index (χ1v) is 8.84. The second-order valence-corrected chi connectivity index (χ2v) is 6.17. The topological polar surface area (TPSA) is 81.2 Å². The molecule has 0 N–H and O–H groups in total. The quantitative estimate of drug-likeness (QED) is 0.633. The molecule has 8 nitrogen and oxygen atoms in total. The van der Waals surface area contributed by atoms with E-state index in [2.05, 4.69) is 9.72 Å². The molecule has 1 aliphatic rings. The Hall–Kier alpha value is -3.50.